The van der Waals surface area contributed by atoms with Crippen LogP contribution < -0.4 is 5.73 Å². The minimum Gasteiger partial charge on any atom is -0.326 e. The molecule has 2 N–H and O–H groups in total. The second-order valence-electron chi connectivity index (χ2n) is 4.73. The SMILES string of the molecule is CCCN(CC1CC1)S(=O)(=O)c1ccc(CN)s1. The molecule has 0 aromatic carbocycles. The third-order valence-corrected chi connectivity index (χ3v) is 6.50. The van der Waals surface area contributed by atoms with E-state index < -0.39 is 10.0 Å². The molecule has 1 heterocycles. The van der Waals surface area contributed by atoms with Gasteiger partial charge in [0.25, 0.3) is 10.0 Å². The fourth-order valence-corrected chi connectivity index (χ4v) is 4.88. The summed E-state index contributed by atoms with van der Waals surface area (Å²) >= 11 is 1.29. The molecule has 1 aromatic rings. The number of nitrogens with zero attached hydrogens (tertiary/aromatic N) is 1. The van der Waals surface area contributed by atoms with Gasteiger partial charge in [0.05, 0.1) is 0 Å². The van der Waals surface area contributed by atoms with Gasteiger partial charge in [-0.25, -0.2) is 8.42 Å². The van der Waals surface area contributed by atoms with Gasteiger partial charge in [-0.15, -0.1) is 11.3 Å². The molecule has 102 valence electrons. The van der Waals surface area contributed by atoms with Gasteiger partial charge in [0, 0.05) is 24.5 Å². The number of sulfonamides is 1. The zero-order chi connectivity index (χ0) is 13.2. The molecule has 0 atom stereocenters. The van der Waals surface area contributed by atoms with Gasteiger partial charge in [0.1, 0.15) is 4.21 Å². The fourth-order valence-electron chi connectivity index (χ4n) is 1.88. The lowest BCUT2D eigenvalue weighted by Crippen LogP contribution is -2.33. The van der Waals surface area contributed by atoms with Gasteiger partial charge in [-0.05, 0) is 37.3 Å². The van der Waals surface area contributed by atoms with Crippen molar-refractivity contribution < 1.29 is 8.42 Å². The molecule has 4 nitrogen and oxygen atoms in total. The Labute approximate surface area is 113 Å². The topological polar surface area (TPSA) is 63.4 Å². The van der Waals surface area contributed by atoms with Gasteiger partial charge < -0.3 is 5.73 Å². The van der Waals surface area contributed by atoms with Gasteiger partial charge >= 0.3 is 0 Å². The highest BCUT2D eigenvalue weighted by Gasteiger charge is 2.31. The highest BCUT2D eigenvalue weighted by atomic mass is 32.2. The molecule has 6 heteroatoms. The number of hydrogen-bond acceptors (Lipinski definition) is 4. The van der Waals surface area contributed by atoms with Crippen molar-refractivity contribution in [1.82, 2.24) is 4.31 Å². The summed E-state index contributed by atoms with van der Waals surface area (Å²) in [5.74, 6) is 0.570. The summed E-state index contributed by atoms with van der Waals surface area (Å²) in [5, 5.41) is 0. The van der Waals surface area contributed by atoms with Crippen molar-refractivity contribution in [2.24, 2.45) is 11.7 Å². The molecule has 1 aliphatic carbocycles. The molecule has 1 aromatic heterocycles. The Bertz CT molecular complexity index is 492. The molecule has 0 unspecified atom stereocenters. The zero-order valence-corrected chi connectivity index (χ0v) is 12.3. The summed E-state index contributed by atoms with van der Waals surface area (Å²) in [6.07, 6.45) is 3.17. The Kier molecular flexibility index (Phi) is 4.42. The molecule has 1 saturated carbocycles. The van der Waals surface area contributed by atoms with Crippen molar-refractivity contribution in [2.45, 2.75) is 36.9 Å². The Hall–Kier alpha value is -0.430. The number of nitrogens with two attached hydrogens (primary N) is 1. The monoisotopic (exact) mass is 288 g/mol. The van der Waals surface area contributed by atoms with Crippen LogP contribution in [0.3, 0.4) is 0 Å². The van der Waals surface area contributed by atoms with Gasteiger partial charge in [0.15, 0.2) is 0 Å². The third-order valence-electron chi connectivity index (χ3n) is 3.06. The Morgan fingerprint density at radius 3 is 2.67 bits per heavy atom. The second kappa shape index (κ2) is 5.69. The van der Waals surface area contributed by atoms with E-state index in [9.17, 15) is 8.42 Å². The minimum absolute atomic E-state index is 0.399. The average molecular weight is 288 g/mol. The van der Waals surface area contributed by atoms with E-state index in [1.807, 2.05) is 6.92 Å². The van der Waals surface area contributed by atoms with Crippen molar-refractivity contribution in [3.63, 3.8) is 0 Å². The van der Waals surface area contributed by atoms with Crippen molar-refractivity contribution in [2.75, 3.05) is 13.1 Å². The minimum atomic E-state index is -3.31. The summed E-state index contributed by atoms with van der Waals surface area (Å²) in [4.78, 5) is 0.913. The van der Waals surface area contributed by atoms with Gasteiger partial charge in [0.2, 0.25) is 0 Å². The van der Waals surface area contributed by atoms with E-state index in [0.717, 1.165) is 24.1 Å². The van der Waals surface area contributed by atoms with Crippen LogP contribution >= 0.6 is 11.3 Å². The first-order chi connectivity index (χ1) is 8.57. The molecule has 1 aliphatic rings. The van der Waals surface area contributed by atoms with Crippen LogP contribution in [0.25, 0.3) is 0 Å². The molecule has 0 aliphatic heterocycles. The van der Waals surface area contributed by atoms with Crippen LogP contribution in [0.5, 0.6) is 0 Å². The van der Waals surface area contributed by atoms with Crippen LogP contribution in [0.15, 0.2) is 16.3 Å². The maximum atomic E-state index is 12.5. The molecular weight excluding hydrogens is 268 g/mol. The molecule has 1 fully saturated rings. The van der Waals surface area contributed by atoms with Crippen LogP contribution in [0.1, 0.15) is 31.1 Å². The molecule has 0 bridgehead atoms. The number of rotatable bonds is 7. The average Bonchev–Trinajstić information content (AvgIpc) is 3.02. The van der Waals surface area contributed by atoms with Crippen LogP contribution in [-0.4, -0.2) is 25.8 Å². The molecule has 0 amide bonds. The van der Waals surface area contributed by atoms with E-state index in [1.54, 1.807) is 16.4 Å². The molecular formula is C12H20N2O2S2. The van der Waals surface area contributed by atoms with Gasteiger partial charge in [-0.1, -0.05) is 6.92 Å². The largest absolute Gasteiger partial charge is 0.326 e. The molecule has 0 radical (unpaired) electrons. The Balaban J connectivity index is 2.19. The first kappa shape index (κ1) is 14.0. The van der Waals surface area contributed by atoms with Crippen molar-refractivity contribution in [3.05, 3.63) is 17.0 Å². The number of thiophene rings is 1. The Morgan fingerprint density at radius 1 is 1.44 bits per heavy atom. The lowest BCUT2D eigenvalue weighted by Gasteiger charge is -2.20. The lowest BCUT2D eigenvalue weighted by molar-refractivity contribution is 0.397. The maximum Gasteiger partial charge on any atom is 0.252 e. The third kappa shape index (κ3) is 3.12. The molecule has 0 saturated heterocycles. The Morgan fingerprint density at radius 2 is 2.17 bits per heavy atom. The van der Waals surface area contributed by atoms with E-state index in [1.165, 1.54) is 11.3 Å². The van der Waals surface area contributed by atoms with Crippen LogP contribution in [0.2, 0.25) is 0 Å². The van der Waals surface area contributed by atoms with E-state index in [2.05, 4.69) is 0 Å². The summed E-state index contributed by atoms with van der Waals surface area (Å²) in [6, 6.07) is 3.48. The quantitative estimate of drug-likeness (QED) is 0.835. The fraction of sp³-hybridized carbons (Fsp3) is 0.667. The van der Waals surface area contributed by atoms with Crippen LogP contribution in [0.4, 0.5) is 0 Å². The smallest absolute Gasteiger partial charge is 0.252 e. The van der Waals surface area contributed by atoms with E-state index in [0.29, 0.717) is 29.8 Å². The van der Waals surface area contributed by atoms with Crippen molar-refractivity contribution in [1.29, 1.82) is 0 Å². The van der Waals surface area contributed by atoms with E-state index in [4.69, 9.17) is 5.73 Å². The molecule has 0 spiro atoms. The van der Waals surface area contributed by atoms with E-state index in [-0.39, 0.29) is 0 Å². The van der Waals surface area contributed by atoms with Crippen LogP contribution in [-0.2, 0) is 16.6 Å². The maximum absolute atomic E-state index is 12.5. The normalized spacial score (nSPS) is 16.4. The standard InChI is InChI=1S/C12H20N2O2S2/c1-2-7-14(9-10-3-4-10)18(15,16)12-6-5-11(8-13)17-12/h5-6,10H,2-4,7-9,13H2,1H3. The first-order valence-corrected chi connectivity index (χ1v) is 8.62. The second-order valence-corrected chi connectivity index (χ2v) is 8.06. The predicted molar refractivity (Wildman–Crippen MR) is 74.0 cm³/mol. The highest BCUT2D eigenvalue weighted by molar-refractivity contribution is 7.91. The zero-order valence-electron chi connectivity index (χ0n) is 10.6. The lowest BCUT2D eigenvalue weighted by atomic mass is 10.4. The van der Waals surface area contributed by atoms with Gasteiger partial charge in [-0.2, -0.15) is 4.31 Å². The van der Waals surface area contributed by atoms with Crippen molar-refractivity contribution in [3.8, 4) is 0 Å². The summed E-state index contributed by atoms with van der Waals surface area (Å²) in [5.41, 5.74) is 5.53. The summed E-state index contributed by atoms with van der Waals surface area (Å²) < 4.78 is 27.1. The highest BCUT2D eigenvalue weighted by Crippen LogP contribution is 2.33. The first-order valence-electron chi connectivity index (χ1n) is 6.37. The molecule has 2 rings (SSSR count). The summed E-state index contributed by atoms with van der Waals surface area (Å²) in [6.45, 7) is 3.69. The molecule has 18 heavy (non-hydrogen) atoms. The van der Waals surface area contributed by atoms with E-state index >= 15 is 0 Å². The van der Waals surface area contributed by atoms with Crippen molar-refractivity contribution >= 4 is 21.4 Å². The van der Waals surface area contributed by atoms with Crippen LogP contribution in [0, 0.1) is 5.92 Å². The predicted octanol–water partition coefficient (Wildman–Crippen LogP) is 2.02. The van der Waals surface area contributed by atoms with Gasteiger partial charge in [-0.3, -0.25) is 0 Å². The summed E-state index contributed by atoms with van der Waals surface area (Å²) in [7, 11) is -3.31. The number of hydrogen-bond donors (Lipinski definition) is 1.